The maximum absolute atomic E-state index is 12.9. The van der Waals surface area contributed by atoms with Crippen molar-refractivity contribution in [3.05, 3.63) is 94.0 Å². The van der Waals surface area contributed by atoms with Crippen LogP contribution in [0.1, 0.15) is 21.5 Å². The van der Waals surface area contributed by atoms with Gasteiger partial charge >= 0.3 is 0 Å². The molecule has 1 amide bonds. The third kappa shape index (κ3) is 3.72. The van der Waals surface area contributed by atoms with Gasteiger partial charge in [-0.15, -0.1) is 0 Å². The summed E-state index contributed by atoms with van der Waals surface area (Å²) in [6.45, 7) is 2.41. The molecular weight excluding hydrogens is 378 g/mol. The van der Waals surface area contributed by atoms with Gasteiger partial charge in [-0.25, -0.2) is 0 Å². The molecule has 0 saturated heterocycles. The number of hydrogen-bond acceptors (Lipinski definition) is 3. The number of nitrogens with zero attached hydrogens (tertiary/aromatic N) is 2. The summed E-state index contributed by atoms with van der Waals surface area (Å²) >= 11 is 0. The van der Waals surface area contributed by atoms with Gasteiger partial charge in [-0.05, 0) is 42.3 Å². The zero-order valence-electron chi connectivity index (χ0n) is 17.2. The molecule has 4 rings (SSSR count). The van der Waals surface area contributed by atoms with Gasteiger partial charge in [-0.3, -0.25) is 9.59 Å². The van der Waals surface area contributed by atoms with E-state index in [4.69, 9.17) is 4.74 Å². The van der Waals surface area contributed by atoms with E-state index in [1.54, 1.807) is 31.6 Å². The summed E-state index contributed by atoms with van der Waals surface area (Å²) in [6.07, 6.45) is 3.48. The van der Waals surface area contributed by atoms with E-state index in [2.05, 4.69) is 5.32 Å². The van der Waals surface area contributed by atoms with E-state index in [9.17, 15) is 9.59 Å². The Hall–Kier alpha value is -3.80. The molecule has 0 fully saturated rings. The number of amides is 1. The fourth-order valence-electron chi connectivity index (χ4n) is 3.65. The molecule has 0 aliphatic rings. The van der Waals surface area contributed by atoms with E-state index in [0.29, 0.717) is 29.0 Å². The van der Waals surface area contributed by atoms with Crippen molar-refractivity contribution in [2.75, 3.05) is 5.32 Å². The summed E-state index contributed by atoms with van der Waals surface area (Å²) in [5, 5.41) is 3.31. The second kappa shape index (κ2) is 7.91. The van der Waals surface area contributed by atoms with Crippen molar-refractivity contribution >= 4 is 22.5 Å². The van der Waals surface area contributed by atoms with Crippen molar-refractivity contribution < 1.29 is 9.53 Å². The number of carbonyl (C=O) groups is 1. The van der Waals surface area contributed by atoms with Crippen LogP contribution in [0.4, 0.5) is 5.69 Å². The zero-order valence-corrected chi connectivity index (χ0v) is 17.2. The first-order valence-electron chi connectivity index (χ1n) is 9.67. The molecule has 4 aromatic rings. The number of carbonyl (C=O) groups excluding carboxylic acids is 1. The molecule has 0 radical (unpaired) electrons. The molecule has 2 aromatic carbocycles. The Labute approximate surface area is 174 Å². The van der Waals surface area contributed by atoms with Crippen LogP contribution in [-0.2, 0) is 20.7 Å². The molecule has 2 aromatic heterocycles. The molecule has 30 heavy (non-hydrogen) atoms. The number of nitrogens with one attached hydrogen (secondary N) is 1. The Kier molecular flexibility index (Phi) is 5.14. The van der Waals surface area contributed by atoms with Crippen LogP contribution in [0.15, 0.2) is 71.8 Å². The molecule has 1 N–H and O–H groups in total. The highest BCUT2D eigenvalue weighted by Crippen LogP contribution is 2.22. The van der Waals surface area contributed by atoms with Crippen LogP contribution in [-0.4, -0.2) is 15.0 Å². The van der Waals surface area contributed by atoms with Crippen molar-refractivity contribution in [2.45, 2.75) is 13.5 Å². The lowest BCUT2D eigenvalue weighted by Crippen LogP contribution is -2.20. The van der Waals surface area contributed by atoms with E-state index in [0.717, 1.165) is 16.6 Å². The van der Waals surface area contributed by atoms with Crippen LogP contribution in [0.2, 0.25) is 0 Å². The van der Waals surface area contributed by atoms with Crippen molar-refractivity contribution in [1.29, 1.82) is 0 Å². The Morgan fingerprint density at radius 3 is 2.37 bits per heavy atom. The van der Waals surface area contributed by atoms with Crippen molar-refractivity contribution in [3.63, 3.8) is 0 Å². The third-order valence-corrected chi connectivity index (χ3v) is 5.08. The number of anilines is 1. The van der Waals surface area contributed by atoms with Gasteiger partial charge in [0.2, 0.25) is 0 Å². The molecule has 0 aliphatic heterocycles. The lowest BCUT2D eigenvalue weighted by Gasteiger charge is -2.08. The highest BCUT2D eigenvalue weighted by molar-refractivity contribution is 6.13. The largest absolute Gasteiger partial charge is 0.489 e. The Bertz CT molecular complexity index is 1270. The summed E-state index contributed by atoms with van der Waals surface area (Å²) in [4.78, 5) is 25.6. The number of aromatic nitrogens is 2. The maximum atomic E-state index is 12.9. The molecular formula is C24H23N3O3. The van der Waals surface area contributed by atoms with E-state index in [1.165, 1.54) is 4.57 Å². The van der Waals surface area contributed by atoms with Crippen LogP contribution in [0.3, 0.4) is 0 Å². The predicted molar refractivity (Wildman–Crippen MR) is 118 cm³/mol. The first-order valence-corrected chi connectivity index (χ1v) is 9.67. The average Bonchev–Trinajstić information content (AvgIpc) is 3.10. The van der Waals surface area contributed by atoms with Crippen LogP contribution < -0.4 is 15.6 Å². The minimum absolute atomic E-state index is 0.189. The summed E-state index contributed by atoms with van der Waals surface area (Å²) in [5.74, 6) is 0.396. The minimum Gasteiger partial charge on any atom is -0.489 e. The standard InChI is InChI=1S/C24H23N3O3/c1-16-13-27(3)24(29)21-20(14-26(2)22(16)21)23(28)25-18-9-11-19(12-10-18)30-15-17-7-5-4-6-8-17/h4-14H,15H2,1-3H3,(H,25,28). The van der Waals surface area contributed by atoms with Crippen LogP contribution in [0, 0.1) is 6.92 Å². The number of pyridine rings is 1. The highest BCUT2D eigenvalue weighted by atomic mass is 16.5. The molecule has 152 valence electrons. The second-order valence-electron chi connectivity index (χ2n) is 7.36. The molecule has 0 aliphatic carbocycles. The fourth-order valence-corrected chi connectivity index (χ4v) is 3.65. The summed E-state index contributed by atoms with van der Waals surface area (Å²) in [5.41, 5.74) is 3.60. The number of ether oxygens (including phenoxy) is 1. The molecule has 0 spiro atoms. The normalized spacial score (nSPS) is 10.9. The van der Waals surface area contributed by atoms with Gasteiger partial charge in [0, 0.05) is 32.2 Å². The summed E-state index contributed by atoms with van der Waals surface area (Å²) in [7, 11) is 3.53. The van der Waals surface area contributed by atoms with Gasteiger partial charge in [-0.2, -0.15) is 0 Å². The Morgan fingerprint density at radius 2 is 1.67 bits per heavy atom. The first kappa shape index (κ1) is 19.5. The van der Waals surface area contributed by atoms with Gasteiger partial charge in [0.05, 0.1) is 16.5 Å². The predicted octanol–water partition coefficient (Wildman–Crippen LogP) is 4.02. The topological polar surface area (TPSA) is 65.3 Å². The van der Waals surface area contributed by atoms with Crippen molar-refractivity contribution in [1.82, 2.24) is 9.13 Å². The molecule has 6 nitrogen and oxygen atoms in total. The number of hydrogen-bond donors (Lipinski definition) is 1. The summed E-state index contributed by atoms with van der Waals surface area (Å²) in [6, 6.07) is 17.1. The van der Waals surface area contributed by atoms with Crippen molar-refractivity contribution in [2.24, 2.45) is 14.1 Å². The van der Waals surface area contributed by atoms with Gasteiger partial charge < -0.3 is 19.2 Å². The van der Waals surface area contributed by atoms with Gasteiger partial charge in [0.15, 0.2) is 0 Å². The first-order chi connectivity index (χ1) is 14.4. The van der Waals surface area contributed by atoms with Crippen LogP contribution >= 0.6 is 0 Å². The Balaban J connectivity index is 1.53. The van der Waals surface area contributed by atoms with E-state index in [-0.39, 0.29) is 11.5 Å². The monoisotopic (exact) mass is 401 g/mol. The van der Waals surface area contributed by atoms with Crippen LogP contribution in [0.5, 0.6) is 5.75 Å². The van der Waals surface area contributed by atoms with Crippen molar-refractivity contribution in [3.8, 4) is 5.75 Å². The Morgan fingerprint density at radius 1 is 0.967 bits per heavy atom. The fraction of sp³-hybridized carbons (Fsp3) is 0.167. The third-order valence-electron chi connectivity index (χ3n) is 5.08. The quantitative estimate of drug-likeness (QED) is 0.549. The number of aryl methyl sites for hydroxylation is 3. The lowest BCUT2D eigenvalue weighted by molar-refractivity contribution is 0.102. The molecule has 0 bridgehead atoms. The molecule has 2 heterocycles. The summed E-state index contributed by atoms with van der Waals surface area (Å²) < 4.78 is 9.11. The van der Waals surface area contributed by atoms with Gasteiger partial charge in [0.1, 0.15) is 12.4 Å². The number of benzene rings is 2. The van der Waals surface area contributed by atoms with Crippen LogP contribution in [0.25, 0.3) is 10.9 Å². The minimum atomic E-state index is -0.318. The SMILES string of the molecule is Cc1cn(C)c(=O)c2c(C(=O)Nc3ccc(OCc4ccccc4)cc3)cn(C)c12. The van der Waals surface area contributed by atoms with E-state index < -0.39 is 0 Å². The smallest absolute Gasteiger partial charge is 0.260 e. The van der Waals surface area contributed by atoms with Gasteiger partial charge in [-0.1, -0.05) is 30.3 Å². The van der Waals surface area contributed by atoms with E-state index >= 15 is 0 Å². The maximum Gasteiger partial charge on any atom is 0.260 e. The zero-order chi connectivity index (χ0) is 21.3. The second-order valence-corrected chi connectivity index (χ2v) is 7.36. The molecule has 0 unspecified atom stereocenters. The van der Waals surface area contributed by atoms with E-state index in [1.807, 2.05) is 61.0 Å². The lowest BCUT2D eigenvalue weighted by atomic mass is 10.1. The highest BCUT2D eigenvalue weighted by Gasteiger charge is 2.19. The molecule has 6 heteroatoms. The average molecular weight is 401 g/mol. The molecule has 0 saturated carbocycles. The molecule has 0 atom stereocenters. The number of rotatable bonds is 5. The van der Waals surface area contributed by atoms with Gasteiger partial charge in [0.25, 0.3) is 11.5 Å². The number of fused-ring (bicyclic) bond motifs is 1.